The van der Waals surface area contributed by atoms with Crippen LogP contribution in [-0.4, -0.2) is 56.0 Å². The summed E-state index contributed by atoms with van der Waals surface area (Å²) in [6.45, 7) is 2.69. The molecular weight excluding hydrogens is 402 g/mol. The number of sulfonamides is 1. The van der Waals surface area contributed by atoms with E-state index in [4.69, 9.17) is 4.74 Å². The minimum atomic E-state index is -3.37. The molecule has 3 aromatic rings. The molecule has 1 aliphatic heterocycles. The van der Waals surface area contributed by atoms with E-state index in [1.165, 1.54) is 7.11 Å². The minimum Gasteiger partial charge on any atom is -0.495 e. The molecule has 1 fully saturated rings. The fourth-order valence-corrected chi connectivity index (χ4v) is 4.54. The quantitative estimate of drug-likeness (QED) is 0.534. The molecule has 9 heteroatoms. The number of nitrogens with one attached hydrogen (secondary N) is 3. The Morgan fingerprint density at radius 1 is 1.27 bits per heavy atom. The van der Waals surface area contributed by atoms with E-state index in [0.717, 1.165) is 60.9 Å². The highest BCUT2D eigenvalue weighted by molar-refractivity contribution is 7.92. The molecule has 0 spiro atoms. The maximum Gasteiger partial charge on any atom is 0.229 e. The molecule has 0 bridgehead atoms. The van der Waals surface area contributed by atoms with Gasteiger partial charge in [0.2, 0.25) is 10.0 Å². The summed E-state index contributed by atoms with van der Waals surface area (Å²) in [7, 11) is -1.84. The number of hydrogen-bond acceptors (Lipinski definition) is 6. The lowest BCUT2D eigenvalue weighted by atomic mass is 10.0. The molecule has 1 atom stereocenters. The van der Waals surface area contributed by atoms with Crippen LogP contribution in [-0.2, 0) is 16.6 Å². The highest BCUT2D eigenvalue weighted by Crippen LogP contribution is 2.28. The molecule has 30 heavy (non-hydrogen) atoms. The molecular formula is C21H27N5O3S. The highest BCUT2D eigenvalue weighted by Gasteiger charge is 2.20. The topological polar surface area (TPSA) is 99.3 Å². The van der Waals surface area contributed by atoms with E-state index in [-0.39, 0.29) is 0 Å². The van der Waals surface area contributed by atoms with Crippen molar-refractivity contribution in [2.45, 2.75) is 25.4 Å². The number of nitrogens with zero attached hydrogens (tertiary/aromatic N) is 2. The summed E-state index contributed by atoms with van der Waals surface area (Å²) in [4.78, 5) is 2.39. The molecule has 1 aliphatic rings. The molecule has 0 aliphatic carbocycles. The molecule has 0 saturated carbocycles. The monoisotopic (exact) mass is 429 g/mol. The van der Waals surface area contributed by atoms with Crippen LogP contribution in [0.4, 0.5) is 11.4 Å². The van der Waals surface area contributed by atoms with E-state index >= 15 is 0 Å². The van der Waals surface area contributed by atoms with Gasteiger partial charge in [-0.05, 0) is 55.3 Å². The SMILES string of the molecule is COc1ccc(CN2CCC[C@H](Nc3ccc4[nH]ncc4c3)C2)cc1NS(C)(=O)=O. The number of fused-ring (bicyclic) bond motifs is 1. The second-order valence-corrected chi connectivity index (χ2v) is 9.55. The number of piperidine rings is 1. The Hall–Kier alpha value is -2.78. The molecule has 4 rings (SSSR count). The second-order valence-electron chi connectivity index (χ2n) is 7.80. The normalized spacial score (nSPS) is 17.7. The summed E-state index contributed by atoms with van der Waals surface area (Å²) < 4.78 is 31.1. The van der Waals surface area contributed by atoms with Crippen molar-refractivity contribution in [1.82, 2.24) is 15.1 Å². The molecule has 2 aromatic carbocycles. The molecule has 160 valence electrons. The van der Waals surface area contributed by atoms with Gasteiger partial charge in [0.25, 0.3) is 0 Å². The van der Waals surface area contributed by atoms with Crippen molar-refractivity contribution in [2.24, 2.45) is 0 Å². The van der Waals surface area contributed by atoms with Gasteiger partial charge in [-0.1, -0.05) is 6.07 Å². The summed E-state index contributed by atoms with van der Waals surface area (Å²) in [5.74, 6) is 0.511. The Labute approximate surface area is 176 Å². The molecule has 1 saturated heterocycles. The third kappa shape index (κ3) is 5.03. The molecule has 1 aromatic heterocycles. The van der Waals surface area contributed by atoms with E-state index in [0.29, 0.717) is 17.5 Å². The Balaban J connectivity index is 1.42. The van der Waals surface area contributed by atoms with Gasteiger partial charge in [-0.3, -0.25) is 14.7 Å². The van der Waals surface area contributed by atoms with Crippen molar-refractivity contribution in [1.29, 1.82) is 0 Å². The number of likely N-dealkylation sites (tertiary alicyclic amines) is 1. The third-order valence-corrected chi connectivity index (χ3v) is 5.87. The average Bonchev–Trinajstić information content (AvgIpc) is 3.15. The number of rotatable bonds is 7. The summed E-state index contributed by atoms with van der Waals surface area (Å²) in [6.07, 6.45) is 5.19. The standard InChI is InChI=1S/C21H27N5O3S/c1-29-21-8-5-15(10-20(21)25-30(2,27)28)13-26-9-3-4-18(14-26)23-17-6-7-19-16(11-17)12-22-24-19/h5-8,10-12,18,23,25H,3-4,9,13-14H2,1-2H3,(H,22,24)/t18-/m0/s1. The van der Waals surface area contributed by atoms with Gasteiger partial charge in [0.15, 0.2) is 0 Å². The van der Waals surface area contributed by atoms with E-state index < -0.39 is 10.0 Å². The van der Waals surface area contributed by atoms with Crippen molar-refractivity contribution in [3.63, 3.8) is 0 Å². The zero-order valence-corrected chi connectivity index (χ0v) is 18.0. The van der Waals surface area contributed by atoms with E-state index in [1.54, 1.807) is 0 Å². The first kappa shape index (κ1) is 20.5. The van der Waals surface area contributed by atoms with Gasteiger partial charge in [0.1, 0.15) is 5.75 Å². The first-order valence-corrected chi connectivity index (χ1v) is 11.9. The number of anilines is 2. The Morgan fingerprint density at radius 2 is 2.13 bits per heavy atom. The summed E-state index contributed by atoms with van der Waals surface area (Å²) >= 11 is 0. The largest absolute Gasteiger partial charge is 0.495 e. The Bertz CT molecular complexity index is 1130. The number of benzene rings is 2. The highest BCUT2D eigenvalue weighted by atomic mass is 32.2. The van der Waals surface area contributed by atoms with Crippen molar-refractivity contribution >= 4 is 32.3 Å². The number of ether oxygens (including phenoxy) is 1. The van der Waals surface area contributed by atoms with Crippen molar-refractivity contribution < 1.29 is 13.2 Å². The second kappa shape index (κ2) is 8.53. The first-order chi connectivity index (χ1) is 14.4. The van der Waals surface area contributed by atoms with Crippen molar-refractivity contribution in [2.75, 3.05) is 36.5 Å². The van der Waals surface area contributed by atoms with Crippen molar-refractivity contribution in [3.05, 3.63) is 48.2 Å². The van der Waals surface area contributed by atoms with E-state index in [2.05, 4.69) is 37.3 Å². The minimum absolute atomic E-state index is 0.356. The van der Waals surface area contributed by atoms with Crippen LogP contribution in [0.15, 0.2) is 42.6 Å². The van der Waals surface area contributed by atoms with Crippen molar-refractivity contribution in [3.8, 4) is 5.75 Å². The average molecular weight is 430 g/mol. The molecule has 0 unspecified atom stereocenters. The van der Waals surface area contributed by atoms with Gasteiger partial charge in [-0.2, -0.15) is 5.10 Å². The lowest BCUT2D eigenvalue weighted by Gasteiger charge is -2.33. The fourth-order valence-electron chi connectivity index (χ4n) is 3.98. The van der Waals surface area contributed by atoms with Crippen LogP contribution in [0.25, 0.3) is 10.9 Å². The summed E-state index contributed by atoms with van der Waals surface area (Å²) in [5, 5.41) is 11.8. The predicted octanol–water partition coefficient (Wildman–Crippen LogP) is 3.02. The fraction of sp³-hybridized carbons (Fsp3) is 0.381. The van der Waals surface area contributed by atoms with Crippen LogP contribution >= 0.6 is 0 Å². The van der Waals surface area contributed by atoms with Crippen LogP contribution in [0.3, 0.4) is 0 Å². The van der Waals surface area contributed by atoms with Gasteiger partial charge >= 0.3 is 0 Å². The van der Waals surface area contributed by atoms with Gasteiger partial charge < -0.3 is 10.1 Å². The Kier molecular flexibility index (Phi) is 5.83. The number of aromatic amines is 1. The smallest absolute Gasteiger partial charge is 0.229 e. The third-order valence-electron chi connectivity index (χ3n) is 5.28. The number of methoxy groups -OCH3 is 1. The zero-order valence-electron chi connectivity index (χ0n) is 17.2. The maximum atomic E-state index is 11.7. The van der Waals surface area contributed by atoms with Gasteiger partial charge in [-0.15, -0.1) is 0 Å². The molecule has 3 N–H and O–H groups in total. The maximum absolute atomic E-state index is 11.7. The van der Waals surface area contributed by atoms with Crippen LogP contribution in [0.2, 0.25) is 0 Å². The molecule has 2 heterocycles. The number of aromatic nitrogens is 2. The van der Waals surface area contributed by atoms with Crippen LogP contribution in [0.5, 0.6) is 5.75 Å². The zero-order chi connectivity index (χ0) is 21.1. The molecule has 0 radical (unpaired) electrons. The summed E-state index contributed by atoms with van der Waals surface area (Å²) in [6, 6.07) is 12.2. The number of H-pyrrole nitrogens is 1. The van der Waals surface area contributed by atoms with Gasteiger partial charge in [0, 0.05) is 30.2 Å². The molecule has 0 amide bonds. The predicted molar refractivity (Wildman–Crippen MR) is 119 cm³/mol. The van der Waals surface area contributed by atoms with Crippen LogP contribution < -0.4 is 14.8 Å². The van der Waals surface area contributed by atoms with E-state index in [1.807, 2.05) is 30.5 Å². The number of hydrogen-bond donors (Lipinski definition) is 3. The lowest BCUT2D eigenvalue weighted by Crippen LogP contribution is -2.41. The first-order valence-electron chi connectivity index (χ1n) is 9.96. The van der Waals surface area contributed by atoms with Gasteiger partial charge in [0.05, 0.1) is 30.8 Å². The van der Waals surface area contributed by atoms with Gasteiger partial charge in [-0.25, -0.2) is 8.42 Å². The van der Waals surface area contributed by atoms with E-state index in [9.17, 15) is 8.42 Å². The Morgan fingerprint density at radius 3 is 2.93 bits per heavy atom. The van der Waals surface area contributed by atoms with Crippen LogP contribution in [0.1, 0.15) is 18.4 Å². The van der Waals surface area contributed by atoms with Crippen LogP contribution in [0, 0.1) is 0 Å². The lowest BCUT2D eigenvalue weighted by molar-refractivity contribution is 0.208. The summed E-state index contributed by atoms with van der Waals surface area (Å²) in [5.41, 5.74) is 3.64. The molecule has 8 nitrogen and oxygen atoms in total.